The van der Waals surface area contributed by atoms with Gasteiger partial charge in [-0.25, -0.2) is 9.78 Å². The highest BCUT2D eigenvalue weighted by molar-refractivity contribution is 6.13. The van der Waals surface area contributed by atoms with Crippen molar-refractivity contribution < 1.29 is 9.53 Å². The number of fused-ring (bicyclic) bond motifs is 3. The fraction of sp³-hybridized carbons (Fsp3) is 0.217. The third kappa shape index (κ3) is 3.73. The van der Waals surface area contributed by atoms with Crippen LogP contribution in [0.3, 0.4) is 0 Å². The van der Waals surface area contributed by atoms with Crippen molar-refractivity contribution >= 4 is 40.2 Å². The summed E-state index contributed by atoms with van der Waals surface area (Å²) in [4.78, 5) is 16.8. The maximum absolute atomic E-state index is 12.5. The van der Waals surface area contributed by atoms with Gasteiger partial charge in [0.2, 0.25) is 0 Å². The van der Waals surface area contributed by atoms with Crippen LogP contribution in [0.2, 0.25) is 0 Å². The quantitative estimate of drug-likeness (QED) is 0.410. The Morgan fingerprint density at radius 1 is 1.00 bits per heavy atom. The van der Waals surface area contributed by atoms with Crippen LogP contribution in [0.5, 0.6) is 0 Å². The molecule has 0 aliphatic rings. The summed E-state index contributed by atoms with van der Waals surface area (Å²) in [5.74, 6) is -0.366. The summed E-state index contributed by atoms with van der Waals surface area (Å²) < 4.78 is 7.46. The molecule has 0 radical (unpaired) electrons. The SMILES string of the molecule is CCOC(=O)c1nccc2c3ccccc3n(CCCc3ccccc3)c12.Cl. The Hall–Kier alpha value is -2.85. The van der Waals surface area contributed by atoms with E-state index in [0.29, 0.717) is 12.3 Å². The number of para-hydroxylation sites is 1. The summed E-state index contributed by atoms with van der Waals surface area (Å²) in [6, 6.07) is 20.7. The molecule has 0 saturated carbocycles. The lowest BCUT2D eigenvalue weighted by Crippen LogP contribution is -2.10. The number of rotatable bonds is 6. The summed E-state index contributed by atoms with van der Waals surface area (Å²) in [5.41, 5.74) is 3.71. The molecule has 4 aromatic rings. The minimum atomic E-state index is -0.366. The Bertz CT molecular complexity index is 1090. The molecule has 0 N–H and O–H groups in total. The van der Waals surface area contributed by atoms with Crippen LogP contribution in [0, 0.1) is 0 Å². The largest absolute Gasteiger partial charge is 0.461 e. The third-order valence-corrected chi connectivity index (χ3v) is 4.84. The van der Waals surface area contributed by atoms with Gasteiger partial charge in [-0.2, -0.15) is 0 Å². The molecule has 0 amide bonds. The molecule has 2 aromatic heterocycles. The highest BCUT2D eigenvalue weighted by atomic mass is 35.5. The lowest BCUT2D eigenvalue weighted by Gasteiger charge is -2.10. The van der Waals surface area contributed by atoms with Crippen molar-refractivity contribution in [3.63, 3.8) is 0 Å². The standard InChI is InChI=1S/C23H22N2O2.ClH/c1-2-27-23(26)21-22-19(14-15-24-21)18-12-6-7-13-20(18)25(22)16-8-11-17-9-4-3-5-10-17;/h3-7,9-10,12-15H,2,8,11,16H2,1H3;1H. The average Bonchev–Trinajstić information content (AvgIpc) is 3.03. The molecule has 2 heterocycles. The molecule has 4 rings (SSSR count). The minimum Gasteiger partial charge on any atom is -0.461 e. The zero-order valence-electron chi connectivity index (χ0n) is 15.8. The average molecular weight is 395 g/mol. The zero-order chi connectivity index (χ0) is 18.6. The van der Waals surface area contributed by atoms with Gasteiger partial charge in [0, 0.05) is 29.0 Å². The number of aromatic nitrogens is 2. The number of carbonyl (C=O) groups is 1. The molecule has 0 aliphatic heterocycles. The van der Waals surface area contributed by atoms with Crippen LogP contribution in [-0.2, 0) is 17.7 Å². The Labute approximate surface area is 170 Å². The van der Waals surface area contributed by atoms with Crippen LogP contribution < -0.4 is 0 Å². The van der Waals surface area contributed by atoms with Gasteiger partial charge in [0.05, 0.1) is 12.1 Å². The lowest BCUT2D eigenvalue weighted by atomic mass is 10.1. The first-order valence-electron chi connectivity index (χ1n) is 9.36. The molecule has 28 heavy (non-hydrogen) atoms. The van der Waals surface area contributed by atoms with Crippen molar-refractivity contribution in [3.8, 4) is 0 Å². The Morgan fingerprint density at radius 3 is 2.54 bits per heavy atom. The number of esters is 1. The van der Waals surface area contributed by atoms with Crippen LogP contribution in [0.15, 0.2) is 66.9 Å². The van der Waals surface area contributed by atoms with Gasteiger partial charge in [-0.05, 0) is 37.5 Å². The van der Waals surface area contributed by atoms with Gasteiger partial charge >= 0.3 is 5.97 Å². The molecule has 5 heteroatoms. The second-order valence-electron chi connectivity index (χ2n) is 6.53. The highest BCUT2D eigenvalue weighted by Crippen LogP contribution is 2.31. The van der Waals surface area contributed by atoms with Gasteiger partial charge in [0.15, 0.2) is 5.69 Å². The third-order valence-electron chi connectivity index (χ3n) is 4.84. The second-order valence-corrected chi connectivity index (χ2v) is 6.53. The number of nitrogens with zero attached hydrogens (tertiary/aromatic N) is 2. The number of aryl methyl sites for hydroxylation is 2. The topological polar surface area (TPSA) is 44.1 Å². The molecule has 2 aromatic carbocycles. The highest BCUT2D eigenvalue weighted by Gasteiger charge is 2.19. The molecule has 144 valence electrons. The lowest BCUT2D eigenvalue weighted by molar-refractivity contribution is 0.0521. The van der Waals surface area contributed by atoms with Crippen LogP contribution in [0.4, 0.5) is 0 Å². The first-order valence-corrected chi connectivity index (χ1v) is 9.36. The van der Waals surface area contributed by atoms with Crippen LogP contribution in [0.25, 0.3) is 21.8 Å². The van der Waals surface area contributed by atoms with Gasteiger partial charge in [0.25, 0.3) is 0 Å². The van der Waals surface area contributed by atoms with Gasteiger partial charge in [-0.1, -0.05) is 48.5 Å². The molecule has 0 atom stereocenters. The van der Waals surface area contributed by atoms with Crippen LogP contribution in [0.1, 0.15) is 29.4 Å². The monoisotopic (exact) mass is 394 g/mol. The van der Waals surface area contributed by atoms with E-state index in [1.54, 1.807) is 6.20 Å². The molecule has 0 saturated heterocycles. The normalized spacial score (nSPS) is 10.8. The number of halogens is 1. The van der Waals surface area contributed by atoms with E-state index in [0.717, 1.165) is 41.2 Å². The summed E-state index contributed by atoms with van der Waals surface area (Å²) in [6.07, 6.45) is 3.66. The zero-order valence-corrected chi connectivity index (χ0v) is 16.6. The minimum absolute atomic E-state index is 0. The molecule has 0 bridgehead atoms. The van der Waals surface area contributed by atoms with E-state index in [2.05, 4.69) is 45.9 Å². The predicted molar refractivity (Wildman–Crippen MR) is 115 cm³/mol. The molecule has 0 spiro atoms. The molecular formula is C23H23ClN2O2. The molecule has 0 aliphatic carbocycles. The van der Waals surface area contributed by atoms with Crippen LogP contribution in [-0.4, -0.2) is 22.1 Å². The maximum Gasteiger partial charge on any atom is 0.359 e. The number of hydrogen-bond donors (Lipinski definition) is 0. The number of hydrogen-bond acceptors (Lipinski definition) is 3. The van der Waals surface area contributed by atoms with Crippen molar-refractivity contribution in [1.29, 1.82) is 0 Å². The summed E-state index contributed by atoms with van der Waals surface area (Å²) in [6.45, 7) is 2.97. The van der Waals surface area contributed by atoms with Gasteiger partial charge in [-0.3, -0.25) is 0 Å². The van der Waals surface area contributed by atoms with E-state index in [-0.39, 0.29) is 18.4 Å². The van der Waals surface area contributed by atoms with E-state index in [9.17, 15) is 4.79 Å². The van der Waals surface area contributed by atoms with E-state index >= 15 is 0 Å². The number of carbonyl (C=O) groups excluding carboxylic acids is 1. The fourth-order valence-corrected chi connectivity index (χ4v) is 3.67. The van der Waals surface area contributed by atoms with E-state index < -0.39 is 0 Å². The Balaban J connectivity index is 0.00000225. The van der Waals surface area contributed by atoms with Crippen molar-refractivity contribution in [1.82, 2.24) is 9.55 Å². The second kappa shape index (κ2) is 8.89. The molecule has 0 fully saturated rings. The van der Waals surface area contributed by atoms with Crippen molar-refractivity contribution in [3.05, 3.63) is 78.1 Å². The van der Waals surface area contributed by atoms with Crippen LogP contribution >= 0.6 is 12.4 Å². The molecule has 0 unspecified atom stereocenters. The van der Waals surface area contributed by atoms with E-state index in [4.69, 9.17) is 4.74 Å². The first-order chi connectivity index (χ1) is 13.3. The number of ether oxygens (including phenoxy) is 1. The summed E-state index contributed by atoms with van der Waals surface area (Å²) in [7, 11) is 0. The summed E-state index contributed by atoms with van der Waals surface area (Å²) in [5, 5.41) is 2.18. The summed E-state index contributed by atoms with van der Waals surface area (Å²) >= 11 is 0. The van der Waals surface area contributed by atoms with E-state index in [1.807, 2.05) is 31.2 Å². The first kappa shape index (κ1) is 19.9. The fourth-order valence-electron chi connectivity index (χ4n) is 3.67. The Morgan fingerprint density at radius 2 is 1.75 bits per heavy atom. The van der Waals surface area contributed by atoms with Crippen molar-refractivity contribution in [2.45, 2.75) is 26.3 Å². The number of benzene rings is 2. The molecular weight excluding hydrogens is 372 g/mol. The smallest absolute Gasteiger partial charge is 0.359 e. The van der Waals surface area contributed by atoms with E-state index in [1.165, 1.54) is 5.56 Å². The van der Waals surface area contributed by atoms with Gasteiger partial charge < -0.3 is 9.30 Å². The Kier molecular flexibility index (Phi) is 6.32. The van der Waals surface area contributed by atoms with Crippen molar-refractivity contribution in [2.75, 3.05) is 6.61 Å². The van der Waals surface area contributed by atoms with Gasteiger partial charge in [0.1, 0.15) is 0 Å². The van der Waals surface area contributed by atoms with Crippen molar-refractivity contribution in [2.24, 2.45) is 0 Å². The number of pyridine rings is 1. The maximum atomic E-state index is 12.5. The predicted octanol–water partition coefficient (Wildman–Crippen LogP) is 5.42. The molecule has 4 nitrogen and oxygen atoms in total. The van der Waals surface area contributed by atoms with Gasteiger partial charge in [-0.15, -0.1) is 12.4 Å².